The number of carbonyl (C=O) groups excluding carboxylic acids is 1. The van der Waals surface area contributed by atoms with E-state index in [0.29, 0.717) is 12.2 Å². The molecule has 0 aliphatic carbocycles. The molecule has 1 amide bonds. The van der Waals surface area contributed by atoms with Crippen molar-refractivity contribution in [2.24, 2.45) is 14.1 Å². The Balaban J connectivity index is 1.62. The number of hydrogen-bond donors (Lipinski definition) is 0. The minimum absolute atomic E-state index is 0.0258. The zero-order valence-electron chi connectivity index (χ0n) is 15.8. The van der Waals surface area contributed by atoms with Gasteiger partial charge in [0.2, 0.25) is 0 Å². The van der Waals surface area contributed by atoms with Crippen LogP contribution >= 0.6 is 0 Å². The number of aryl methyl sites for hydroxylation is 2. The Morgan fingerprint density at radius 3 is 2.70 bits per heavy atom. The number of aromatic nitrogens is 6. The third-order valence-corrected chi connectivity index (χ3v) is 5.22. The van der Waals surface area contributed by atoms with E-state index in [4.69, 9.17) is 0 Å². The van der Waals surface area contributed by atoms with E-state index in [1.807, 2.05) is 36.7 Å². The van der Waals surface area contributed by atoms with E-state index in [9.17, 15) is 4.79 Å². The average molecular weight is 365 g/mol. The molecule has 27 heavy (non-hydrogen) atoms. The van der Waals surface area contributed by atoms with Crippen molar-refractivity contribution in [3.05, 3.63) is 48.1 Å². The summed E-state index contributed by atoms with van der Waals surface area (Å²) in [6, 6.07) is 1.76. The molecule has 0 aromatic carbocycles. The normalized spacial score (nSPS) is 17.3. The number of hydrogen-bond acceptors (Lipinski definition) is 5. The fourth-order valence-electron chi connectivity index (χ4n) is 3.64. The SMILES string of the molecule is Cc1ncc(-c2nccnc2[C@@H]2CCCN(C(=O)c3ccn(C)n3)C2)n1C. The first-order valence-corrected chi connectivity index (χ1v) is 9.13. The highest BCUT2D eigenvalue weighted by Gasteiger charge is 2.29. The second kappa shape index (κ2) is 6.94. The monoisotopic (exact) mass is 365 g/mol. The van der Waals surface area contributed by atoms with Gasteiger partial charge in [-0.3, -0.25) is 19.4 Å². The first-order chi connectivity index (χ1) is 13.0. The Bertz CT molecular complexity index is 974. The summed E-state index contributed by atoms with van der Waals surface area (Å²) in [5.41, 5.74) is 3.21. The number of piperidine rings is 1. The highest BCUT2D eigenvalue weighted by molar-refractivity contribution is 5.92. The zero-order valence-corrected chi connectivity index (χ0v) is 15.8. The summed E-state index contributed by atoms with van der Waals surface area (Å²) in [5.74, 6) is 1.05. The maximum atomic E-state index is 12.8. The van der Waals surface area contributed by atoms with E-state index in [1.54, 1.807) is 29.3 Å². The Morgan fingerprint density at radius 2 is 2.00 bits per heavy atom. The first kappa shape index (κ1) is 17.4. The molecule has 0 radical (unpaired) electrons. The molecule has 1 fully saturated rings. The van der Waals surface area contributed by atoms with Gasteiger partial charge in [-0.15, -0.1) is 0 Å². The fourth-order valence-corrected chi connectivity index (χ4v) is 3.64. The lowest BCUT2D eigenvalue weighted by atomic mass is 9.92. The molecule has 0 spiro atoms. The Hall–Kier alpha value is -3.03. The van der Waals surface area contributed by atoms with E-state index in [2.05, 4.69) is 20.1 Å². The lowest BCUT2D eigenvalue weighted by Gasteiger charge is -2.32. The van der Waals surface area contributed by atoms with Gasteiger partial charge in [0.25, 0.3) is 5.91 Å². The summed E-state index contributed by atoms with van der Waals surface area (Å²) in [4.78, 5) is 28.3. The molecule has 1 atom stereocenters. The minimum Gasteiger partial charge on any atom is -0.337 e. The Kier molecular flexibility index (Phi) is 4.47. The van der Waals surface area contributed by atoms with Crippen molar-refractivity contribution in [2.45, 2.75) is 25.7 Å². The third kappa shape index (κ3) is 3.22. The van der Waals surface area contributed by atoms with Gasteiger partial charge in [-0.2, -0.15) is 5.10 Å². The van der Waals surface area contributed by atoms with Crippen LogP contribution in [-0.2, 0) is 14.1 Å². The summed E-state index contributed by atoms with van der Waals surface area (Å²) in [5, 5.41) is 4.25. The molecule has 8 nitrogen and oxygen atoms in total. The van der Waals surface area contributed by atoms with Gasteiger partial charge < -0.3 is 9.47 Å². The van der Waals surface area contributed by atoms with Crippen molar-refractivity contribution in [3.63, 3.8) is 0 Å². The summed E-state index contributed by atoms with van der Waals surface area (Å²) in [6.07, 6.45) is 8.98. The summed E-state index contributed by atoms with van der Waals surface area (Å²) >= 11 is 0. The van der Waals surface area contributed by atoms with Crippen LogP contribution in [0.2, 0.25) is 0 Å². The lowest BCUT2D eigenvalue weighted by Crippen LogP contribution is -2.39. The molecule has 140 valence electrons. The van der Waals surface area contributed by atoms with Gasteiger partial charge >= 0.3 is 0 Å². The van der Waals surface area contributed by atoms with Crippen LogP contribution in [0.5, 0.6) is 0 Å². The van der Waals surface area contributed by atoms with Crippen molar-refractivity contribution in [1.82, 2.24) is 34.2 Å². The van der Waals surface area contributed by atoms with Crippen LogP contribution in [0.1, 0.15) is 40.8 Å². The molecule has 8 heteroatoms. The summed E-state index contributed by atoms with van der Waals surface area (Å²) in [6.45, 7) is 3.33. The highest BCUT2D eigenvalue weighted by atomic mass is 16.2. The second-order valence-corrected chi connectivity index (χ2v) is 7.00. The number of amides is 1. The van der Waals surface area contributed by atoms with Crippen molar-refractivity contribution >= 4 is 5.91 Å². The number of rotatable bonds is 3. The Labute approximate surface area is 157 Å². The number of nitrogens with zero attached hydrogens (tertiary/aromatic N) is 7. The molecule has 0 saturated carbocycles. The number of carbonyl (C=O) groups is 1. The highest BCUT2D eigenvalue weighted by Crippen LogP contribution is 2.32. The van der Waals surface area contributed by atoms with Gasteiger partial charge in [0.15, 0.2) is 0 Å². The van der Waals surface area contributed by atoms with Crippen LogP contribution in [0.4, 0.5) is 0 Å². The van der Waals surface area contributed by atoms with Crippen LogP contribution in [0.3, 0.4) is 0 Å². The van der Waals surface area contributed by atoms with E-state index < -0.39 is 0 Å². The van der Waals surface area contributed by atoms with Gasteiger partial charge in [-0.25, -0.2) is 4.98 Å². The van der Waals surface area contributed by atoms with Crippen LogP contribution in [-0.4, -0.2) is 53.2 Å². The molecule has 1 aliphatic heterocycles. The standard InChI is InChI=1S/C19H23N7O/c1-13-22-11-16(25(13)3)18-17(20-7-8-21-18)14-5-4-9-26(12-14)19(27)15-6-10-24(2)23-15/h6-8,10-11,14H,4-5,9,12H2,1-3H3/t14-/m1/s1. The van der Waals surface area contributed by atoms with Crippen LogP contribution in [0.25, 0.3) is 11.4 Å². The molecule has 3 aromatic rings. The van der Waals surface area contributed by atoms with E-state index in [-0.39, 0.29) is 11.8 Å². The van der Waals surface area contributed by atoms with E-state index in [0.717, 1.165) is 42.3 Å². The topological polar surface area (TPSA) is 81.7 Å². The molecule has 3 aromatic heterocycles. The molecule has 1 saturated heterocycles. The lowest BCUT2D eigenvalue weighted by molar-refractivity contribution is 0.0699. The van der Waals surface area contributed by atoms with Crippen LogP contribution in [0, 0.1) is 6.92 Å². The fraction of sp³-hybridized carbons (Fsp3) is 0.421. The molecule has 1 aliphatic rings. The number of likely N-dealkylation sites (tertiary alicyclic amines) is 1. The van der Waals surface area contributed by atoms with Gasteiger partial charge in [-0.05, 0) is 25.8 Å². The Morgan fingerprint density at radius 1 is 1.19 bits per heavy atom. The maximum Gasteiger partial charge on any atom is 0.274 e. The van der Waals surface area contributed by atoms with Crippen LogP contribution < -0.4 is 0 Å². The van der Waals surface area contributed by atoms with Crippen molar-refractivity contribution in [2.75, 3.05) is 13.1 Å². The number of imidazole rings is 1. The van der Waals surface area contributed by atoms with E-state index in [1.165, 1.54) is 0 Å². The van der Waals surface area contributed by atoms with Crippen LogP contribution in [0.15, 0.2) is 30.9 Å². The second-order valence-electron chi connectivity index (χ2n) is 7.00. The maximum absolute atomic E-state index is 12.8. The zero-order chi connectivity index (χ0) is 19.0. The van der Waals surface area contributed by atoms with Crippen molar-refractivity contribution < 1.29 is 4.79 Å². The van der Waals surface area contributed by atoms with Gasteiger partial charge in [-0.1, -0.05) is 0 Å². The largest absolute Gasteiger partial charge is 0.337 e. The smallest absolute Gasteiger partial charge is 0.274 e. The summed E-state index contributed by atoms with van der Waals surface area (Å²) in [7, 11) is 3.80. The minimum atomic E-state index is -0.0258. The van der Waals surface area contributed by atoms with Gasteiger partial charge in [0.05, 0.1) is 17.6 Å². The van der Waals surface area contributed by atoms with Crippen molar-refractivity contribution in [1.29, 1.82) is 0 Å². The molecule has 4 heterocycles. The molecule has 0 unspecified atom stereocenters. The first-order valence-electron chi connectivity index (χ1n) is 9.13. The predicted molar refractivity (Wildman–Crippen MR) is 100 cm³/mol. The van der Waals surface area contributed by atoms with Crippen molar-refractivity contribution in [3.8, 4) is 11.4 Å². The van der Waals surface area contributed by atoms with Gasteiger partial charge in [0, 0.05) is 51.7 Å². The van der Waals surface area contributed by atoms with Gasteiger partial charge in [0.1, 0.15) is 17.2 Å². The summed E-state index contributed by atoms with van der Waals surface area (Å²) < 4.78 is 3.67. The molecule has 0 bridgehead atoms. The molecule has 4 rings (SSSR count). The average Bonchev–Trinajstić information content (AvgIpc) is 3.27. The molecular formula is C19H23N7O. The predicted octanol–water partition coefficient (Wildman–Crippen LogP) is 1.94. The van der Waals surface area contributed by atoms with E-state index >= 15 is 0 Å². The quantitative estimate of drug-likeness (QED) is 0.708. The molecular weight excluding hydrogens is 342 g/mol. The third-order valence-electron chi connectivity index (χ3n) is 5.22. The molecule has 0 N–H and O–H groups in total.